The molecule has 24 heavy (non-hydrogen) atoms. The van der Waals surface area contributed by atoms with Crippen molar-refractivity contribution in [1.82, 2.24) is 4.90 Å². The molecule has 1 amide bonds. The average Bonchev–Trinajstić information content (AvgIpc) is 3.08. The van der Waals surface area contributed by atoms with Crippen molar-refractivity contribution in [2.24, 2.45) is 5.10 Å². The summed E-state index contributed by atoms with van der Waals surface area (Å²) in [5, 5.41) is 6.06. The van der Waals surface area contributed by atoms with Crippen molar-refractivity contribution in [3.8, 4) is 0 Å². The summed E-state index contributed by atoms with van der Waals surface area (Å²) in [4.78, 5) is 26.9. The van der Waals surface area contributed by atoms with Crippen LogP contribution in [0.5, 0.6) is 0 Å². The van der Waals surface area contributed by atoms with Gasteiger partial charge in [-0.3, -0.25) is 9.80 Å². The Kier molecular flexibility index (Phi) is 5.40. The van der Waals surface area contributed by atoms with Gasteiger partial charge in [-0.1, -0.05) is 18.2 Å². The Balaban J connectivity index is 1.83. The van der Waals surface area contributed by atoms with Crippen LogP contribution in [0.15, 0.2) is 35.4 Å². The number of hydrogen-bond donors (Lipinski definition) is 0. The predicted octanol–water partition coefficient (Wildman–Crippen LogP) is 1.76. The molecule has 0 radical (unpaired) electrons. The molecule has 1 fully saturated rings. The highest BCUT2D eigenvalue weighted by molar-refractivity contribution is 7.99. The highest BCUT2D eigenvalue weighted by atomic mass is 32.2. The molecule has 1 unspecified atom stereocenters. The van der Waals surface area contributed by atoms with Gasteiger partial charge in [0.05, 0.1) is 12.3 Å². The average molecular weight is 347 g/mol. The van der Waals surface area contributed by atoms with Crippen molar-refractivity contribution in [2.75, 3.05) is 36.2 Å². The second-order valence-electron chi connectivity index (χ2n) is 5.60. The second-order valence-corrected chi connectivity index (χ2v) is 6.83. The van der Waals surface area contributed by atoms with E-state index in [0.717, 1.165) is 30.3 Å². The number of hydrazone groups is 1. The Hall–Kier alpha value is -2.02. The molecule has 1 aromatic carbocycles. The maximum absolute atomic E-state index is 13.0. The summed E-state index contributed by atoms with van der Waals surface area (Å²) in [5.74, 6) is 1.50. The van der Waals surface area contributed by atoms with Gasteiger partial charge in [0.15, 0.2) is 0 Å². The van der Waals surface area contributed by atoms with Gasteiger partial charge < -0.3 is 9.64 Å². The van der Waals surface area contributed by atoms with Gasteiger partial charge in [0.1, 0.15) is 11.8 Å². The zero-order chi connectivity index (χ0) is 16.9. The van der Waals surface area contributed by atoms with Crippen molar-refractivity contribution >= 4 is 35.0 Å². The number of benzene rings is 1. The van der Waals surface area contributed by atoms with Crippen LogP contribution in [0.4, 0.5) is 5.69 Å². The summed E-state index contributed by atoms with van der Waals surface area (Å²) in [6.07, 6.45) is 0.288. The first-order valence-corrected chi connectivity index (χ1v) is 9.31. The maximum Gasteiger partial charge on any atom is 0.354 e. The standard InChI is InChI=1S/C17H21N3O3S/c1-2-23-17(22)14-12-15(16(21)19-8-10-24-11-9-19)20(18-14)13-6-4-3-5-7-13/h3-7,15H,2,8-12H2,1H3. The van der Waals surface area contributed by atoms with Crippen molar-refractivity contribution in [1.29, 1.82) is 0 Å². The Labute approximate surface area is 145 Å². The second kappa shape index (κ2) is 7.70. The minimum absolute atomic E-state index is 0.0298. The van der Waals surface area contributed by atoms with Crippen molar-refractivity contribution in [3.05, 3.63) is 30.3 Å². The summed E-state index contributed by atoms with van der Waals surface area (Å²) in [7, 11) is 0. The molecule has 128 valence electrons. The fourth-order valence-corrected chi connectivity index (χ4v) is 3.76. The van der Waals surface area contributed by atoms with E-state index in [2.05, 4.69) is 5.10 Å². The van der Waals surface area contributed by atoms with Crippen LogP contribution in [0.25, 0.3) is 0 Å². The van der Waals surface area contributed by atoms with Gasteiger partial charge in [0, 0.05) is 31.0 Å². The van der Waals surface area contributed by atoms with E-state index in [1.54, 1.807) is 11.9 Å². The minimum Gasteiger partial charge on any atom is -0.461 e. The Morgan fingerprint density at radius 2 is 1.96 bits per heavy atom. The Bertz CT molecular complexity index is 629. The normalized spacial score (nSPS) is 20.7. The number of nitrogens with zero attached hydrogens (tertiary/aromatic N) is 3. The number of thioether (sulfide) groups is 1. The van der Waals surface area contributed by atoms with Crippen LogP contribution < -0.4 is 5.01 Å². The third-order valence-corrected chi connectivity index (χ3v) is 4.99. The zero-order valence-electron chi connectivity index (χ0n) is 13.7. The molecule has 3 rings (SSSR count). The highest BCUT2D eigenvalue weighted by Gasteiger charge is 2.39. The minimum atomic E-state index is -0.477. The third kappa shape index (κ3) is 3.56. The summed E-state index contributed by atoms with van der Waals surface area (Å²) in [6.45, 7) is 3.55. The van der Waals surface area contributed by atoms with Crippen LogP contribution in [-0.4, -0.2) is 59.7 Å². The maximum atomic E-state index is 13.0. The largest absolute Gasteiger partial charge is 0.461 e. The Morgan fingerprint density at radius 3 is 2.62 bits per heavy atom. The predicted molar refractivity (Wildman–Crippen MR) is 95.3 cm³/mol. The first-order valence-electron chi connectivity index (χ1n) is 8.16. The van der Waals surface area contributed by atoms with Gasteiger partial charge in [0.2, 0.25) is 5.91 Å². The van der Waals surface area contributed by atoms with E-state index in [4.69, 9.17) is 4.74 Å². The first-order chi connectivity index (χ1) is 11.7. The third-order valence-electron chi connectivity index (χ3n) is 4.05. The van der Waals surface area contributed by atoms with Crippen LogP contribution >= 0.6 is 11.8 Å². The molecule has 0 saturated carbocycles. The number of esters is 1. The van der Waals surface area contributed by atoms with Gasteiger partial charge in [-0.05, 0) is 19.1 Å². The smallest absolute Gasteiger partial charge is 0.354 e. The number of carbonyl (C=O) groups is 2. The molecule has 6 nitrogen and oxygen atoms in total. The molecule has 7 heteroatoms. The highest BCUT2D eigenvalue weighted by Crippen LogP contribution is 2.26. The van der Waals surface area contributed by atoms with Crippen LogP contribution in [0.1, 0.15) is 13.3 Å². The van der Waals surface area contributed by atoms with E-state index >= 15 is 0 Å². The SMILES string of the molecule is CCOC(=O)C1=NN(c2ccccc2)C(C(=O)N2CCSCC2)C1. The number of ether oxygens (including phenoxy) is 1. The lowest BCUT2D eigenvalue weighted by Gasteiger charge is -2.31. The molecule has 2 aliphatic rings. The summed E-state index contributed by atoms with van der Waals surface area (Å²) in [6, 6.07) is 9.01. The Morgan fingerprint density at radius 1 is 1.25 bits per heavy atom. The van der Waals surface area contributed by atoms with Gasteiger partial charge >= 0.3 is 5.97 Å². The number of para-hydroxylation sites is 1. The lowest BCUT2D eigenvalue weighted by Crippen LogP contribution is -2.48. The van der Waals surface area contributed by atoms with Gasteiger partial charge in [0.25, 0.3) is 0 Å². The van der Waals surface area contributed by atoms with Crippen molar-refractivity contribution in [2.45, 2.75) is 19.4 Å². The molecule has 0 aliphatic carbocycles. The lowest BCUT2D eigenvalue weighted by atomic mass is 10.1. The molecule has 2 aliphatic heterocycles. The van der Waals surface area contributed by atoms with E-state index < -0.39 is 12.0 Å². The van der Waals surface area contributed by atoms with E-state index in [9.17, 15) is 9.59 Å². The molecule has 0 bridgehead atoms. The number of amides is 1. The molecule has 1 aromatic rings. The molecule has 1 saturated heterocycles. The quantitative estimate of drug-likeness (QED) is 0.777. The topological polar surface area (TPSA) is 62.2 Å². The van der Waals surface area contributed by atoms with E-state index in [1.165, 1.54) is 0 Å². The monoisotopic (exact) mass is 347 g/mol. The summed E-state index contributed by atoms with van der Waals surface area (Å²) >= 11 is 1.86. The number of carbonyl (C=O) groups excluding carboxylic acids is 2. The fraction of sp³-hybridized carbons (Fsp3) is 0.471. The van der Waals surface area contributed by atoms with Crippen LogP contribution in [0.3, 0.4) is 0 Å². The lowest BCUT2D eigenvalue weighted by molar-refractivity contribution is -0.135. The van der Waals surface area contributed by atoms with Crippen molar-refractivity contribution < 1.29 is 14.3 Å². The zero-order valence-corrected chi connectivity index (χ0v) is 14.5. The summed E-state index contributed by atoms with van der Waals surface area (Å²) in [5.41, 5.74) is 1.12. The van der Waals surface area contributed by atoms with Gasteiger partial charge in [-0.25, -0.2) is 4.79 Å². The first kappa shape index (κ1) is 16.8. The molecule has 0 spiro atoms. The fourth-order valence-electron chi connectivity index (χ4n) is 2.85. The van der Waals surface area contributed by atoms with E-state index in [-0.39, 0.29) is 12.3 Å². The van der Waals surface area contributed by atoms with Gasteiger partial charge in [-0.15, -0.1) is 0 Å². The van der Waals surface area contributed by atoms with Crippen LogP contribution in [0, 0.1) is 0 Å². The van der Waals surface area contributed by atoms with E-state index in [1.807, 2.05) is 47.0 Å². The molecule has 1 atom stereocenters. The molecular weight excluding hydrogens is 326 g/mol. The van der Waals surface area contributed by atoms with Crippen LogP contribution in [-0.2, 0) is 14.3 Å². The van der Waals surface area contributed by atoms with E-state index in [0.29, 0.717) is 12.3 Å². The molecular formula is C17H21N3O3S. The van der Waals surface area contributed by atoms with Gasteiger partial charge in [-0.2, -0.15) is 16.9 Å². The molecule has 0 N–H and O–H groups in total. The van der Waals surface area contributed by atoms with Crippen LogP contribution in [0.2, 0.25) is 0 Å². The number of anilines is 1. The number of hydrogen-bond acceptors (Lipinski definition) is 6. The molecule has 2 heterocycles. The van der Waals surface area contributed by atoms with Crippen molar-refractivity contribution in [3.63, 3.8) is 0 Å². The number of rotatable bonds is 4. The molecule has 0 aromatic heterocycles. The summed E-state index contributed by atoms with van der Waals surface area (Å²) < 4.78 is 5.06.